The smallest absolute Gasteiger partial charge is 0.325 e. The van der Waals surface area contributed by atoms with Crippen LogP contribution in [-0.4, -0.2) is 25.2 Å². The zero-order valence-corrected chi connectivity index (χ0v) is 12.4. The van der Waals surface area contributed by atoms with E-state index in [1.807, 2.05) is 6.92 Å². The molecule has 0 radical (unpaired) electrons. The molecule has 3 nitrogen and oxygen atoms in total. The van der Waals surface area contributed by atoms with Gasteiger partial charge < -0.3 is 10.1 Å². The number of ether oxygens (including phenoxy) is 1. The molecule has 1 aliphatic rings. The zero-order valence-electron chi connectivity index (χ0n) is 9.96. The number of nitrogens with one attached hydrogen (secondary N) is 1. The first-order valence-corrected chi connectivity index (χ1v) is 7.25. The Bertz CT molecular complexity index is 420. The molecule has 1 aromatic heterocycles. The molecule has 2 heterocycles. The number of rotatable bonds is 2. The molecule has 1 fully saturated rings. The van der Waals surface area contributed by atoms with Crippen LogP contribution in [0.4, 0.5) is 0 Å². The predicted octanol–water partition coefficient (Wildman–Crippen LogP) is 2.91. The van der Waals surface area contributed by atoms with Gasteiger partial charge in [-0.15, -0.1) is 11.3 Å². The number of carbonyl (C=O) groups excluding carboxylic acids is 1. The molecule has 2 rings (SSSR count). The summed E-state index contributed by atoms with van der Waals surface area (Å²) in [5.74, 6) is 0.273. The van der Waals surface area contributed by atoms with Crippen LogP contribution in [0.15, 0.2) is 15.9 Å². The van der Waals surface area contributed by atoms with E-state index >= 15 is 0 Å². The third-order valence-electron chi connectivity index (χ3n) is 3.29. The minimum atomic E-state index is -0.547. The van der Waals surface area contributed by atoms with Crippen molar-refractivity contribution in [3.05, 3.63) is 20.8 Å². The number of esters is 1. The van der Waals surface area contributed by atoms with Crippen molar-refractivity contribution in [3.63, 3.8) is 0 Å². The van der Waals surface area contributed by atoms with Crippen molar-refractivity contribution in [1.29, 1.82) is 0 Å². The summed E-state index contributed by atoms with van der Waals surface area (Å²) in [5.41, 5.74) is -0.547. The quantitative estimate of drug-likeness (QED) is 0.852. The Hall–Kier alpha value is -0.390. The van der Waals surface area contributed by atoms with Crippen molar-refractivity contribution >= 4 is 33.2 Å². The fourth-order valence-electron chi connectivity index (χ4n) is 2.36. The number of methoxy groups -OCH3 is 1. The first kappa shape index (κ1) is 13.1. The van der Waals surface area contributed by atoms with Gasteiger partial charge in [0.05, 0.1) is 10.9 Å². The lowest BCUT2D eigenvalue weighted by molar-refractivity contribution is -0.149. The average Bonchev–Trinajstić information content (AvgIpc) is 2.75. The van der Waals surface area contributed by atoms with Crippen molar-refractivity contribution in [3.8, 4) is 0 Å². The highest BCUT2D eigenvalue weighted by molar-refractivity contribution is 9.11. The van der Waals surface area contributed by atoms with Gasteiger partial charge in [0.25, 0.3) is 0 Å². The summed E-state index contributed by atoms with van der Waals surface area (Å²) in [6, 6.07) is 4.21. The second kappa shape index (κ2) is 5.08. The number of halogens is 1. The summed E-state index contributed by atoms with van der Waals surface area (Å²) in [4.78, 5) is 13.1. The third kappa shape index (κ3) is 2.72. The lowest BCUT2D eigenvalue weighted by Crippen LogP contribution is -2.54. The number of hydrogen-bond acceptors (Lipinski definition) is 4. The van der Waals surface area contributed by atoms with Gasteiger partial charge in [-0.1, -0.05) is 0 Å². The molecular weight excluding hydrogens is 302 g/mol. The maximum atomic E-state index is 11.8. The van der Waals surface area contributed by atoms with E-state index < -0.39 is 5.54 Å². The van der Waals surface area contributed by atoms with E-state index in [2.05, 4.69) is 33.4 Å². The monoisotopic (exact) mass is 317 g/mol. The lowest BCUT2D eigenvalue weighted by atomic mass is 9.82. The van der Waals surface area contributed by atoms with Gasteiger partial charge in [-0.25, -0.2) is 0 Å². The van der Waals surface area contributed by atoms with Gasteiger partial charge in [-0.05, 0) is 60.3 Å². The summed E-state index contributed by atoms with van der Waals surface area (Å²) in [5, 5.41) is 3.27. The van der Waals surface area contributed by atoms with E-state index in [1.165, 1.54) is 12.0 Å². The van der Waals surface area contributed by atoms with Crippen LogP contribution in [0.1, 0.15) is 30.6 Å². The predicted molar refractivity (Wildman–Crippen MR) is 72.4 cm³/mol. The van der Waals surface area contributed by atoms with E-state index in [-0.39, 0.29) is 5.97 Å². The second-order valence-electron chi connectivity index (χ2n) is 4.58. The van der Waals surface area contributed by atoms with E-state index in [0.717, 1.165) is 23.2 Å². The number of carbonyl (C=O) groups is 1. The van der Waals surface area contributed by atoms with Gasteiger partial charge in [-0.2, -0.15) is 0 Å². The van der Waals surface area contributed by atoms with Crippen LogP contribution in [0.5, 0.6) is 0 Å². The van der Waals surface area contributed by atoms with Gasteiger partial charge in [0.15, 0.2) is 0 Å². The van der Waals surface area contributed by atoms with Gasteiger partial charge >= 0.3 is 5.97 Å². The molecule has 2 atom stereocenters. The van der Waals surface area contributed by atoms with Crippen molar-refractivity contribution in [2.45, 2.75) is 31.2 Å². The Kier molecular flexibility index (Phi) is 3.90. The molecule has 0 spiro atoms. The highest BCUT2D eigenvalue weighted by Gasteiger charge is 2.40. The molecule has 0 aromatic carbocycles. The molecule has 1 N–H and O–H groups in total. The normalized spacial score (nSPS) is 29.0. The minimum Gasteiger partial charge on any atom is -0.468 e. The first-order chi connectivity index (χ1) is 8.05. The van der Waals surface area contributed by atoms with Crippen LogP contribution in [0.25, 0.3) is 0 Å². The van der Waals surface area contributed by atoms with E-state index in [4.69, 9.17) is 4.74 Å². The maximum Gasteiger partial charge on any atom is 0.325 e. The molecule has 1 aromatic rings. The Morgan fingerprint density at radius 3 is 3.00 bits per heavy atom. The second-order valence-corrected chi connectivity index (χ2v) is 7.08. The fraction of sp³-hybridized carbons (Fsp3) is 0.583. The SMILES string of the molecule is COC(=O)C1(C)CC(c2ccc(Br)s2)CCN1. The molecule has 94 valence electrons. The van der Waals surface area contributed by atoms with Gasteiger partial charge in [0.1, 0.15) is 5.54 Å². The molecule has 1 aliphatic heterocycles. The summed E-state index contributed by atoms with van der Waals surface area (Å²) in [6.45, 7) is 2.78. The Labute approximate surface area is 114 Å². The third-order valence-corrected chi connectivity index (χ3v) is 5.08. The highest BCUT2D eigenvalue weighted by atomic mass is 79.9. The van der Waals surface area contributed by atoms with Crippen LogP contribution in [0.2, 0.25) is 0 Å². The van der Waals surface area contributed by atoms with Crippen LogP contribution in [-0.2, 0) is 9.53 Å². The standard InChI is InChI=1S/C12H16BrNO2S/c1-12(11(15)16-2)7-8(5-6-14-12)9-3-4-10(13)17-9/h3-4,8,14H,5-7H2,1-2H3. The van der Waals surface area contributed by atoms with Crippen molar-refractivity contribution in [2.75, 3.05) is 13.7 Å². The number of hydrogen-bond donors (Lipinski definition) is 1. The van der Waals surface area contributed by atoms with Crippen LogP contribution < -0.4 is 5.32 Å². The van der Waals surface area contributed by atoms with Crippen LogP contribution >= 0.6 is 27.3 Å². The summed E-state index contributed by atoms with van der Waals surface area (Å²) in [7, 11) is 1.45. The highest BCUT2D eigenvalue weighted by Crippen LogP contribution is 2.37. The molecule has 0 saturated carbocycles. The Morgan fingerprint density at radius 1 is 1.65 bits per heavy atom. The lowest BCUT2D eigenvalue weighted by Gasteiger charge is -2.36. The summed E-state index contributed by atoms with van der Waals surface area (Å²) in [6.07, 6.45) is 1.87. The van der Waals surface area contributed by atoms with Crippen molar-refractivity contribution in [2.24, 2.45) is 0 Å². The molecule has 1 saturated heterocycles. The average molecular weight is 318 g/mol. The maximum absolute atomic E-state index is 11.8. The molecule has 2 unspecified atom stereocenters. The van der Waals surface area contributed by atoms with Crippen molar-refractivity contribution < 1.29 is 9.53 Å². The van der Waals surface area contributed by atoms with E-state index in [1.54, 1.807) is 11.3 Å². The largest absolute Gasteiger partial charge is 0.468 e. The molecule has 0 bridgehead atoms. The Balaban J connectivity index is 2.14. The van der Waals surface area contributed by atoms with Crippen LogP contribution in [0.3, 0.4) is 0 Å². The molecule has 0 amide bonds. The summed E-state index contributed by atoms with van der Waals surface area (Å²) < 4.78 is 6.02. The van der Waals surface area contributed by atoms with Crippen LogP contribution in [0, 0.1) is 0 Å². The van der Waals surface area contributed by atoms with Crippen molar-refractivity contribution in [1.82, 2.24) is 5.32 Å². The Morgan fingerprint density at radius 2 is 2.41 bits per heavy atom. The van der Waals surface area contributed by atoms with E-state index in [9.17, 15) is 4.79 Å². The van der Waals surface area contributed by atoms with Gasteiger partial charge in [-0.3, -0.25) is 4.79 Å². The van der Waals surface area contributed by atoms with Gasteiger partial charge in [0.2, 0.25) is 0 Å². The topological polar surface area (TPSA) is 38.3 Å². The van der Waals surface area contributed by atoms with Gasteiger partial charge in [0, 0.05) is 4.88 Å². The molecule has 0 aliphatic carbocycles. The fourth-order valence-corrected chi connectivity index (χ4v) is 3.92. The zero-order chi connectivity index (χ0) is 12.5. The minimum absolute atomic E-state index is 0.169. The van der Waals surface area contributed by atoms with E-state index in [0.29, 0.717) is 5.92 Å². The molecule has 17 heavy (non-hydrogen) atoms. The number of piperidine rings is 1. The molecule has 5 heteroatoms. The first-order valence-electron chi connectivity index (χ1n) is 5.64. The number of thiophene rings is 1. The molecular formula is C12H16BrNO2S. The summed E-state index contributed by atoms with van der Waals surface area (Å²) >= 11 is 5.23.